The van der Waals surface area contributed by atoms with Crippen molar-refractivity contribution < 1.29 is 13.7 Å². The van der Waals surface area contributed by atoms with Crippen molar-refractivity contribution in [2.45, 2.75) is 44.3 Å². The number of hydrogen-bond acceptors (Lipinski definition) is 7. The summed E-state index contributed by atoms with van der Waals surface area (Å²) in [5.74, 6) is 2.49. The summed E-state index contributed by atoms with van der Waals surface area (Å²) >= 11 is 0. The van der Waals surface area contributed by atoms with Gasteiger partial charge in [0.2, 0.25) is 5.95 Å². The van der Waals surface area contributed by atoms with Crippen LogP contribution in [0.15, 0.2) is 35.4 Å². The molecule has 3 aromatic rings. The molecule has 0 radical (unpaired) electrons. The van der Waals surface area contributed by atoms with Gasteiger partial charge in [0.1, 0.15) is 22.4 Å². The molecule has 2 aromatic heterocycles. The van der Waals surface area contributed by atoms with Crippen molar-refractivity contribution in [2.24, 2.45) is 5.92 Å². The lowest BCUT2D eigenvalue weighted by molar-refractivity contribution is 0.249. The highest BCUT2D eigenvalue weighted by Gasteiger charge is 2.30. The minimum atomic E-state index is -1.14. The monoisotopic (exact) mass is 470 g/mol. The maximum absolute atomic E-state index is 13.3. The molecule has 2 aliphatic heterocycles. The molecule has 0 fully saturated rings. The highest BCUT2D eigenvalue weighted by molar-refractivity contribution is 7.85. The van der Waals surface area contributed by atoms with E-state index < -0.39 is 10.8 Å². The number of halogens is 1. The lowest BCUT2D eigenvalue weighted by Crippen LogP contribution is -2.36. The van der Waals surface area contributed by atoms with E-state index in [0.717, 1.165) is 22.8 Å². The van der Waals surface area contributed by atoms with Gasteiger partial charge in [-0.05, 0) is 35.7 Å². The maximum atomic E-state index is 13.3. The van der Waals surface area contributed by atoms with Crippen LogP contribution in [0, 0.1) is 11.7 Å². The first kappa shape index (κ1) is 22.0. The molecule has 0 saturated heterocycles. The molecule has 174 valence electrons. The van der Waals surface area contributed by atoms with Crippen LogP contribution in [0.5, 0.6) is 0 Å². The summed E-state index contributed by atoms with van der Waals surface area (Å²) in [6.07, 6.45) is 2.47. The third-order valence-corrected chi connectivity index (χ3v) is 7.75. The SMILES string of the molecule is CC(C)[C@H](CO)Nc1nc(N2CCn3c(-c4ccc(F)cc4)cnc3C2)nc2c1S(=O)CC2. The first-order valence-corrected chi connectivity index (χ1v) is 12.5. The van der Waals surface area contributed by atoms with Gasteiger partial charge < -0.3 is 19.9 Å². The molecule has 0 amide bonds. The molecule has 1 aromatic carbocycles. The molecule has 0 saturated carbocycles. The quantitative estimate of drug-likeness (QED) is 0.572. The summed E-state index contributed by atoms with van der Waals surface area (Å²) in [6, 6.07) is 6.25. The van der Waals surface area contributed by atoms with E-state index in [1.807, 2.05) is 20.0 Å². The van der Waals surface area contributed by atoms with Gasteiger partial charge in [-0.3, -0.25) is 4.21 Å². The Morgan fingerprint density at radius 1 is 1.21 bits per heavy atom. The van der Waals surface area contributed by atoms with E-state index in [4.69, 9.17) is 9.97 Å². The van der Waals surface area contributed by atoms with E-state index in [1.165, 1.54) is 12.1 Å². The van der Waals surface area contributed by atoms with E-state index in [1.54, 1.807) is 12.1 Å². The zero-order chi connectivity index (χ0) is 23.1. The first-order valence-electron chi connectivity index (χ1n) is 11.2. The van der Waals surface area contributed by atoms with Crippen LogP contribution < -0.4 is 10.2 Å². The van der Waals surface area contributed by atoms with E-state index >= 15 is 0 Å². The van der Waals surface area contributed by atoms with Gasteiger partial charge in [0.25, 0.3) is 0 Å². The lowest BCUT2D eigenvalue weighted by atomic mass is 10.1. The number of aromatic nitrogens is 4. The molecule has 2 atom stereocenters. The molecule has 33 heavy (non-hydrogen) atoms. The van der Waals surface area contributed by atoms with Gasteiger partial charge in [0.05, 0.1) is 47.6 Å². The molecule has 0 aliphatic carbocycles. The second-order valence-corrected chi connectivity index (χ2v) is 10.3. The molecule has 8 nitrogen and oxygen atoms in total. The second kappa shape index (κ2) is 8.83. The molecular weight excluding hydrogens is 443 g/mol. The van der Waals surface area contributed by atoms with Crippen LogP contribution in [-0.4, -0.2) is 53.8 Å². The number of anilines is 2. The van der Waals surface area contributed by atoms with Crippen LogP contribution in [0.1, 0.15) is 25.4 Å². The summed E-state index contributed by atoms with van der Waals surface area (Å²) in [6.45, 7) is 5.93. The molecule has 0 spiro atoms. The van der Waals surface area contributed by atoms with Crippen LogP contribution in [0.4, 0.5) is 16.2 Å². The van der Waals surface area contributed by atoms with Gasteiger partial charge in [0.15, 0.2) is 0 Å². The highest BCUT2D eigenvalue weighted by Crippen LogP contribution is 2.32. The predicted octanol–water partition coefficient (Wildman–Crippen LogP) is 2.59. The number of aliphatic hydroxyl groups excluding tert-OH is 1. The number of benzene rings is 1. The van der Waals surface area contributed by atoms with Gasteiger partial charge in [-0.2, -0.15) is 4.98 Å². The third-order valence-electron chi connectivity index (χ3n) is 6.29. The molecule has 2 N–H and O–H groups in total. The summed E-state index contributed by atoms with van der Waals surface area (Å²) in [4.78, 5) is 16.8. The zero-order valence-electron chi connectivity index (χ0n) is 18.7. The molecule has 2 aliphatic rings. The third kappa shape index (κ3) is 4.13. The van der Waals surface area contributed by atoms with Crippen LogP contribution >= 0.6 is 0 Å². The summed E-state index contributed by atoms with van der Waals surface area (Å²) in [5.41, 5.74) is 2.69. The normalized spacial score (nSPS) is 18.3. The molecule has 1 unspecified atom stereocenters. The molecular formula is C23H27FN6O2S. The molecule has 10 heteroatoms. The van der Waals surface area contributed by atoms with Gasteiger partial charge >= 0.3 is 0 Å². The largest absolute Gasteiger partial charge is 0.394 e. The number of aliphatic hydroxyl groups is 1. The fourth-order valence-corrected chi connectivity index (χ4v) is 5.62. The van der Waals surface area contributed by atoms with Crippen molar-refractivity contribution in [3.63, 3.8) is 0 Å². The van der Waals surface area contributed by atoms with Crippen molar-refractivity contribution in [3.05, 3.63) is 47.8 Å². The summed E-state index contributed by atoms with van der Waals surface area (Å²) in [7, 11) is -1.14. The Balaban J connectivity index is 1.45. The second-order valence-electron chi connectivity index (χ2n) is 8.76. The van der Waals surface area contributed by atoms with Crippen LogP contribution in [-0.2, 0) is 30.3 Å². The Labute approximate surface area is 194 Å². The average molecular weight is 471 g/mol. The number of nitrogens with zero attached hydrogens (tertiary/aromatic N) is 5. The van der Waals surface area contributed by atoms with Crippen LogP contribution in [0.2, 0.25) is 0 Å². The van der Waals surface area contributed by atoms with Crippen molar-refractivity contribution >= 4 is 22.6 Å². The van der Waals surface area contributed by atoms with E-state index in [2.05, 4.69) is 19.8 Å². The average Bonchev–Trinajstić information content (AvgIpc) is 3.41. The van der Waals surface area contributed by atoms with Gasteiger partial charge in [-0.15, -0.1) is 0 Å². The highest BCUT2D eigenvalue weighted by atomic mass is 32.2. The van der Waals surface area contributed by atoms with E-state index in [0.29, 0.717) is 48.5 Å². The minimum Gasteiger partial charge on any atom is -0.394 e. The van der Waals surface area contributed by atoms with Crippen LogP contribution in [0.25, 0.3) is 11.3 Å². The number of nitrogens with one attached hydrogen (secondary N) is 1. The van der Waals surface area contributed by atoms with Crippen molar-refractivity contribution in [3.8, 4) is 11.3 Å². The summed E-state index contributed by atoms with van der Waals surface area (Å²) in [5, 5.41) is 13.1. The Morgan fingerprint density at radius 3 is 2.73 bits per heavy atom. The Bertz CT molecular complexity index is 1200. The van der Waals surface area contributed by atoms with Gasteiger partial charge in [-0.1, -0.05) is 13.8 Å². The van der Waals surface area contributed by atoms with E-state index in [9.17, 15) is 13.7 Å². The number of rotatable bonds is 6. The number of imidazole rings is 1. The smallest absolute Gasteiger partial charge is 0.228 e. The van der Waals surface area contributed by atoms with Crippen molar-refractivity contribution in [2.75, 3.05) is 29.1 Å². The zero-order valence-corrected chi connectivity index (χ0v) is 19.5. The summed E-state index contributed by atoms with van der Waals surface area (Å²) < 4.78 is 28.1. The fraction of sp³-hybridized carbons (Fsp3) is 0.435. The minimum absolute atomic E-state index is 0.0360. The topological polar surface area (TPSA) is 96.2 Å². The number of fused-ring (bicyclic) bond motifs is 2. The number of aryl methyl sites for hydroxylation is 1. The molecule has 4 heterocycles. The van der Waals surface area contributed by atoms with Gasteiger partial charge in [-0.25, -0.2) is 14.4 Å². The maximum Gasteiger partial charge on any atom is 0.228 e. The number of hydrogen-bond donors (Lipinski definition) is 2. The Morgan fingerprint density at radius 2 is 2.00 bits per heavy atom. The predicted molar refractivity (Wildman–Crippen MR) is 125 cm³/mol. The Hall–Kier alpha value is -2.85. The lowest BCUT2D eigenvalue weighted by Gasteiger charge is -2.30. The standard InChI is InChI=1S/C23H27FN6O2S/c1-14(2)18(13-31)26-22-21-17(7-10-33(21)32)27-23(28-22)29-8-9-30-19(11-25-20(30)12-29)15-3-5-16(24)6-4-15/h3-6,11,14,18,31H,7-10,12-13H2,1-2H3,(H,26,27,28)/t18-,33?/m0/s1. The molecule has 0 bridgehead atoms. The van der Waals surface area contributed by atoms with E-state index in [-0.39, 0.29) is 24.4 Å². The fourth-order valence-electron chi connectivity index (χ4n) is 4.30. The first-order chi connectivity index (χ1) is 15.9. The van der Waals surface area contributed by atoms with Crippen LogP contribution in [0.3, 0.4) is 0 Å². The Kier molecular flexibility index (Phi) is 5.88. The van der Waals surface area contributed by atoms with Crippen molar-refractivity contribution in [1.29, 1.82) is 0 Å². The molecule has 5 rings (SSSR count). The van der Waals surface area contributed by atoms with Crippen molar-refractivity contribution in [1.82, 2.24) is 19.5 Å². The van der Waals surface area contributed by atoms with Gasteiger partial charge in [0, 0.05) is 25.3 Å².